The number of hydrogen-bond acceptors (Lipinski definition) is 6. The minimum absolute atomic E-state index is 0.0556. The topological polar surface area (TPSA) is 114 Å². The number of anilines is 1. The van der Waals surface area contributed by atoms with E-state index in [9.17, 15) is 13.2 Å². The van der Waals surface area contributed by atoms with Gasteiger partial charge in [-0.25, -0.2) is 17.9 Å². The van der Waals surface area contributed by atoms with E-state index in [0.29, 0.717) is 11.5 Å². The van der Waals surface area contributed by atoms with Crippen LogP contribution in [0.15, 0.2) is 21.7 Å². The van der Waals surface area contributed by atoms with Gasteiger partial charge in [-0.3, -0.25) is 0 Å². The van der Waals surface area contributed by atoms with Gasteiger partial charge in [0.15, 0.2) is 0 Å². The Bertz CT molecular complexity index is 862. The monoisotopic (exact) mass is 367 g/mol. The summed E-state index contributed by atoms with van der Waals surface area (Å²) in [7, 11) is -2.67. The number of sulfonamides is 1. The molecule has 1 aliphatic carbocycles. The zero-order chi connectivity index (χ0) is 18.0. The van der Waals surface area contributed by atoms with Crippen LogP contribution in [0.2, 0.25) is 0 Å². The van der Waals surface area contributed by atoms with Gasteiger partial charge in [-0.05, 0) is 25.8 Å². The Morgan fingerprint density at radius 2 is 2.08 bits per heavy atom. The number of aromatic amines is 1. The molecule has 0 radical (unpaired) electrons. The molecule has 1 saturated carbocycles. The largest absolute Gasteiger partial charge is 0.464 e. The molecule has 1 aliphatic rings. The highest BCUT2D eigenvalue weighted by atomic mass is 32.2. The molecule has 0 saturated heterocycles. The molecular weight excluding hydrogens is 346 g/mol. The predicted octanol–water partition coefficient (Wildman–Crippen LogP) is 2.95. The third-order valence-electron chi connectivity index (χ3n) is 4.55. The molecule has 2 N–H and O–H groups in total. The van der Waals surface area contributed by atoms with Gasteiger partial charge in [-0.15, -0.1) is 0 Å². The van der Waals surface area contributed by atoms with Gasteiger partial charge in [-0.1, -0.05) is 24.4 Å². The number of nitrogens with zero attached hydrogens (tertiary/aromatic N) is 1. The highest BCUT2D eigenvalue weighted by Gasteiger charge is 2.26. The number of carbonyl (C=O) groups is 1. The van der Waals surface area contributed by atoms with Crippen LogP contribution in [0, 0.1) is 6.92 Å². The second kappa shape index (κ2) is 6.91. The van der Waals surface area contributed by atoms with Gasteiger partial charge >= 0.3 is 5.97 Å². The van der Waals surface area contributed by atoms with Gasteiger partial charge in [0.25, 0.3) is 10.0 Å². The van der Waals surface area contributed by atoms with Gasteiger partial charge in [0.2, 0.25) is 5.88 Å². The smallest absolute Gasteiger partial charge is 0.354 e. The number of esters is 1. The van der Waals surface area contributed by atoms with Crippen LogP contribution in [0.3, 0.4) is 0 Å². The number of carbonyl (C=O) groups excluding carboxylic acids is 1. The Hall–Kier alpha value is -2.29. The molecule has 0 amide bonds. The van der Waals surface area contributed by atoms with Crippen molar-refractivity contribution in [3.8, 4) is 0 Å². The zero-order valence-corrected chi connectivity index (χ0v) is 15.0. The van der Waals surface area contributed by atoms with Crippen molar-refractivity contribution in [1.82, 2.24) is 10.1 Å². The Kier molecular flexibility index (Phi) is 4.85. The maximum atomic E-state index is 12.5. The van der Waals surface area contributed by atoms with E-state index in [1.807, 2.05) is 0 Å². The Morgan fingerprint density at radius 1 is 1.36 bits per heavy atom. The van der Waals surface area contributed by atoms with Crippen LogP contribution in [0.25, 0.3) is 0 Å². The van der Waals surface area contributed by atoms with Gasteiger partial charge in [0.05, 0.1) is 12.8 Å². The maximum absolute atomic E-state index is 12.5. The number of aromatic nitrogens is 2. The Balaban J connectivity index is 1.80. The van der Waals surface area contributed by atoms with Crippen molar-refractivity contribution >= 4 is 21.9 Å². The Morgan fingerprint density at radius 3 is 2.76 bits per heavy atom. The molecule has 0 spiro atoms. The summed E-state index contributed by atoms with van der Waals surface area (Å²) in [6.07, 6.45) is 6.83. The first-order chi connectivity index (χ1) is 11.9. The van der Waals surface area contributed by atoms with Crippen molar-refractivity contribution in [2.45, 2.75) is 49.8 Å². The first kappa shape index (κ1) is 17.5. The van der Waals surface area contributed by atoms with Crippen LogP contribution in [0.1, 0.15) is 59.8 Å². The van der Waals surface area contributed by atoms with Crippen molar-refractivity contribution in [2.75, 3.05) is 11.8 Å². The highest BCUT2D eigenvalue weighted by molar-refractivity contribution is 7.92. The van der Waals surface area contributed by atoms with Crippen LogP contribution < -0.4 is 4.72 Å². The minimum atomic E-state index is -3.90. The fourth-order valence-corrected chi connectivity index (χ4v) is 4.18. The average molecular weight is 367 g/mol. The molecule has 2 heterocycles. The highest BCUT2D eigenvalue weighted by Crippen LogP contribution is 2.36. The maximum Gasteiger partial charge on any atom is 0.354 e. The summed E-state index contributed by atoms with van der Waals surface area (Å²) in [6.45, 7) is 1.80. The van der Waals surface area contributed by atoms with E-state index >= 15 is 0 Å². The molecule has 0 aliphatic heterocycles. The fraction of sp³-hybridized carbons (Fsp3) is 0.500. The lowest BCUT2D eigenvalue weighted by Gasteiger charge is -2.19. The number of rotatable bonds is 5. The SMILES string of the molecule is COC(=O)c1cc(S(=O)(=O)Nc2onc(C3CCCCC3)c2C)c[nH]1. The normalized spacial score (nSPS) is 15.9. The quantitative estimate of drug-likeness (QED) is 0.785. The third kappa shape index (κ3) is 3.55. The van der Waals surface area contributed by atoms with Crippen LogP contribution in [-0.2, 0) is 14.8 Å². The van der Waals surface area contributed by atoms with Crippen LogP contribution in [-0.4, -0.2) is 31.6 Å². The van der Waals surface area contributed by atoms with Crippen LogP contribution in [0.4, 0.5) is 5.88 Å². The number of methoxy groups -OCH3 is 1. The minimum Gasteiger partial charge on any atom is -0.464 e. The third-order valence-corrected chi connectivity index (χ3v) is 5.86. The molecule has 0 atom stereocenters. The lowest BCUT2D eigenvalue weighted by atomic mass is 9.86. The molecule has 136 valence electrons. The predicted molar refractivity (Wildman–Crippen MR) is 90.0 cm³/mol. The van der Waals surface area contributed by atoms with E-state index in [0.717, 1.165) is 31.4 Å². The van der Waals surface area contributed by atoms with Gasteiger partial charge in [0.1, 0.15) is 10.6 Å². The van der Waals surface area contributed by atoms with Gasteiger partial charge < -0.3 is 14.2 Å². The molecule has 0 unspecified atom stereocenters. The van der Waals surface area contributed by atoms with Crippen molar-refractivity contribution in [2.24, 2.45) is 0 Å². The molecule has 25 heavy (non-hydrogen) atoms. The van der Waals surface area contributed by atoms with E-state index in [-0.39, 0.29) is 16.5 Å². The first-order valence-corrected chi connectivity index (χ1v) is 9.66. The number of ether oxygens (including phenoxy) is 1. The van der Waals surface area contributed by atoms with Crippen LogP contribution >= 0.6 is 0 Å². The Labute approximate surface area is 146 Å². The van der Waals surface area contributed by atoms with E-state index in [1.165, 1.54) is 25.8 Å². The first-order valence-electron chi connectivity index (χ1n) is 8.18. The van der Waals surface area contributed by atoms with E-state index < -0.39 is 16.0 Å². The van der Waals surface area contributed by atoms with Crippen molar-refractivity contribution < 1.29 is 22.5 Å². The summed E-state index contributed by atoms with van der Waals surface area (Å²) in [5.74, 6) is -0.216. The second-order valence-electron chi connectivity index (χ2n) is 6.20. The lowest BCUT2D eigenvalue weighted by molar-refractivity contribution is 0.0594. The number of hydrogen-bond donors (Lipinski definition) is 2. The fourth-order valence-electron chi connectivity index (χ4n) is 3.14. The molecule has 1 fully saturated rings. The van der Waals surface area contributed by atoms with E-state index in [2.05, 4.69) is 19.6 Å². The van der Waals surface area contributed by atoms with Crippen molar-refractivity contribution in [3.63, 3.8) is 0 Å². The molecule has 8 nitrogen and oxygen atoms in total. The molecule has 0 aromatic carbocycles. The molecule has 9 heteroatoms. The average Bonchev–Trinajstić information content (AvgIpc) is 3.23. The van der Waals surface area contributed by atoms with Gasteiger partial charge in [0, 0.05) is 17.7 Å². The lowest BCUT2D eigenvalue weighted by Crippen LogP contribution is -2.13. The molecular formula is C16H21N3O5S. The van der Waals surface area contributed by atoms with Crippen molar-refractivity contribution in [3.05, 3.63) is 29.2 Å². The summed E-state index contributed by atoms with van der Waals surface area (Å²) in [6, 6.07) is 1.21. The zero-order valence-electron chi connectivity index (χ0n) is 14.2. The number of H-pyrrole nitrogens is 1. The molecule has 3 rings (SSSR count). The summed E-state index contributed by atoms with van der Waals surface area (Å²) in [5.41, 5.74) is 1.58. The summed E-state index contributed by atoms with van der Waals surface area (Å²) in [5, 5.41) is 4.08. The molecule has 2 aromatic rings. The number of nitrogens with one attached hydrogen (secondary N) is 2. The summed E-state index contributed by atoms with van der Waals surface area (Å²) < 4.78 is 37.2. The van der Waals surface area contributed by atoms with Crippen LogP contribution in [0.5, 0.6) is 0 Å². The summed E-state index contributed by atoms with van der Waals surface area (Å²) in [4.78, 5) is 13.9. The van der Waals surface area contributed by atoms with E-state index in [1.54, 1.807) is 6.92 Å². The van der Waals surface area contributed by atoms with Crippen molar-refractivity contribution in [1.29, 1.82) is 0 Å². The van der Waals surface area contributed by atoms with E-state index in [4.69, 9.17) is 4.52 Å². The second-order valence-corrected chi connectivity index (χ2v) is 7.89. The standard InChI is InChI=1S/C16H21N3O5S/c1-10-14(11-6-4-3-5-7-11)18-24-15(10)19-25(21,22)12-8-13(17-9-12)16(20)23-2/h8-9,11,17,19H,3-7H2,1-2H3. The molecule has 2 aromatic heterocycles. The summed E-state index contributed by atoms with van der Waals surface area (Å²) >= 11 is 0. The van der Waals surface area contributed by atoms with Gasteiger partial charge in [-0.2, -0.15) is 0 Å². The molecule has 0 bridgehead atoms.